The Morgan fingerprint density at radius 1 is 0.957 bits per heavy atom. The summed E-state index contributed by atoms with van der Waals surface area (Å²) >= 11 is 0. The van der Waals surface area contributed by atoms with E-state index < -0.39 is 19.0 Å². The summed E-state index contributed by atoms with van der Waals surface area (Å²) in [6, 6.07) is 0. The molecule has 3 heteroatoms. The summed E-state index contributed by atoms with van der Waals surface area (Å²) in [5.74, 6) is -0.584. The van der Waals surface area contributed by atoms with Crippen LogP contribution in [0.3, 0.4) is 0 Å². The van der Waals surface area contributed by atoms with Gasteiger partial charge in [0.1, 0.15) is 0 Å². The second-order valence-corrected chi connectivity index (χ2v) is 5.39. The van der Waals surface area contributed by atoms with Crippen LogP contribution in [-0.4, -0.2) is 24.1 Å². The number of hydrogen-bond donors (Lipinski definition) is 2. The average molecular weight is 326 g/mol. The maximum Gasteiger partial charge on any atom is 0.220 e. The van der Waals surface area contributed by atoms with Crippen molar-refractivity contribution in [1.82, 2.24) is 5.32 Å². The van der Waals surface area contributed by atoms with Gasteiger partial charge in [-0.2, -0.15) is 0 Å². The highest BCUT2D eigenvalue weighted by Crippen LogP contribution is 2.07. The summed E-state index contributed by atoms with van der Waals surface area (Å²) in [7, 11) is 0. The Balaban J connectivity index is 3.58. The molecule has 0 aromatic carbocycles. The van der Waals surface area contributed by atoms with Crippen LogP contribution < -0.4 is 5.32 Å². The molecule has 3 nitrogen and oxygen atoms in total. The van der Waals surface area contributed by atoms with Crippen molar-refractivity contribution in [3.63, 3.8) is 0 Å². The molecule has 0 aliphatic heterocycles. The van der Waals surface area contributed by atoms with E-state index in [0.717, 1.165) is 51.4 Å². The van der Waals surface area contributed by atoms with Crippen molar-refractivity contribution in [3.8, 4) is 0 Å². The van der Waals surface area contributed by atoms with Crippen molar-refractivity contribution < 1.29 is 15.4 Å². The number of carbonyl (C=O) groups is 1. The summed E-state index contributed by atoms with van der Waals surface area (Å²) in [5, 5.41) is 10.9. The van der Waals surface area contributed by atoms with Crippen molar-refractivity contribution >= 4 is 5.91 Å². The summed E-state index contributed by atoms with van der Waals surface area (Å²) in [6.07, 6.45) is 22.0. The van der Waals surface area contributed by atoms with Crippen LogP contribution >= 0.6 is 0 Å². The van der Waals surface area contributed by atoms with E-state index in [-0.39, 0.29) is 6.42 Å². The Labute approximate surface area is 148 Å². The standard InChI is InChI=1S/C20H35NO2/c1-2-3-4-5-6-7-8-9-10-11-12-13-14-15-16-17-20(23)21-18-19-22/h3-4,6-7,9-10,22H,2,5,8,11-19H2,1H3,(H,21,23)/b4-3-,7-6-,10-9-/i18D2,19D2. The third kappa shape index (κ3) is 18.6. The molecule has 0 aromatic rings. The fraction of sp³-hybridized carbons (Fsp3) is 0.650. The van der Waals surface area contributed by atoms with Gasteiger partial charge < -0.3 is 10.4 Å². The monoisotopic (exact) mass is 325 g/mol. The predicted octanol–water partition coefficient (Wildman–Crippen LogP) is 4.68. The maximum absolute atomic E-state index is 11.6. The van der Waals surface area contributed by atoms with E-state index in [1.165, 1.54) is 0 Å². The molecule has 0 unspecified atom stereocenters. The highest BCUT2D eigenvalue weighted by Gasteiger charge is 1.99. The van der Waals surface area contributed by atoms with Gasteiger partial charge in [-0.1, -0.05) is 62.6 Å². The molecule has 0 saturated heterocycles. The molecule has 0 fully saturated rings. The Kier molecular flexibility index (Phi) is 12.4. The van der Waals surface area contributed by atoms with Crippen LogP contribution in [0.15, 0.2) is 36.5 Å². The van der Waals surface area contributed by atoms with Crippen molar-refractivity contribution in [3.05, 3.63) is 36.5 Å². The first-order valence-electron chi connectivity index (χ1n) is 10.7. The van der Waals surface area contributed by atoms with Gasteiger partial charge in [0.05, 0.1) is 12.0 Å². The van der Waals surface area contributed by atoms with Gasteiger partial charge in [-0.15, -0.1) is 0 Å². The van der Waals surface area contributed by atoms with Crippen LogP contribution in [0, 0.1) is 0 Å². The summed E-state index contributed by atoms with van der Waals surface area (Å²) in [4.78, 5) is 11.6. The first kappa shape index (κ1) is 15.2. The zero-order chi connectivity index (χ0) is 20.6. The largest absolute Gasteiger partial charge is 0.395 e. The normalized spacial score (nSPS) is 15.7. The van der Waals surface area contributed by atoms with Crippen LogP contribution in [0.5, 0.6) is 0 Å². The summed E-state index contributed by atoms with van der Waals surface area (Å²) < 4.78 is 28.5. The predicted molar refractivity (Wildman–Crippen MR) is 99.4 cm³/mol. The van der Waals surface area contributed by atoms with E-state index in [9.17, 15) is 4.79 Å². The molecular weight excluding hydrogens is 286 g/mol. The minimum absolute atomic E-state index is 0.134. The van der Waals surface area contributed by atoms with Crippen LogP contribution in [0.25, 0.3) is 0 Å². The van der Waals surface area contributed by atoms with Crippen LogP contribution in [0.1, 0.15) is 76.6 Å². The molecule has 0 spiro atoms. The van der Waals surface area contributed by atoms with E-state index in [2.05, 4.69) is 43.4 Å². The molecule has 0 bridgehead atoms. The lowest BCUT2D eigenvalue weighted by atomic mass is 10.1. The van der Waals surface area contributed by atoms with Crippen molar-refractivity contribution in [2.75, 3.05) is 13.1 Å². The van der Waals surface area contributed by atoms with Gasteiger partial charge in [0.25, 0.3) is 0 Å². The molecular formula is C20H35NO2. The molecule has 0 saturated carbocycles. The van der Waals surface area contributed by atoms with Gasteiger partial charge in [-0.05, 0) is 38.5 Å². The van der Waals surface area contributed by atoms with Gasteiger partial charge in [0, 0.05) is 12.9 Å². The highest BCUT2D eigenvalue weighted by molar-refractivity contribution is 5.75. The molecule has 0 rings (SSSR count). The summed E-state index contributed by atoms with van der Waals surface area (Å²) in [6.45, 7) is -3.75. The third-order valence-electron chi connectivity index (χ3n) is 3.31. The van der Waals surface area contributed by atoms with Gasteiger partial charge in [0.2, 0.25) is 5.91 Å². The maximum atomic E-state index is 11.6. The first-order valence-corrected chi connectivity index (χ1v) is 8.69. The van der Waals surface area contributed by atoms with Crippen LogP contribution in [0.4, 0.5) is 0 Å². The minimum atomic E-state index is -3.10. The fourth-order valence-electron chi connectivity index (χ4n) is 2.06. The van der Waals surface area contributed by atoms with E-state index in [1.807, 2.05) is 5.32 Å². The van der Waals surface area contributed by atoms with E-state index in [1.54, 1.807) is 0 Å². The molecule has 0 atom stereocenters. The number of carbonyl (C=O) groups excluding carboxylic acids is 1. The molecule has 0 aliphatic rings. The lowest BCUT2D eigenvalue weighted by molar-refractivity contribution is -0.121. The van der Waals surface area contributed by atoms with Crippen molar-refractivity contribution in [2.45, 2.75) is 71.1 Å². The fourth-order valence-corrected chi connectivity index (χ4v) is 2.06. The zero-order valence-electron chi connectivity index (χ0n) is 18.4. The number of rotatable bonds is 15. The van der Waals surface area contributed by atoms with E-state index in [0.29, 0.717) is 6.42 Å². The molecule has 1 amide bonds. The Morgan fingerprint density at radius 3 is 2.26 bits per heavy atom. The van der Waals surface area contributed by atoms with Gasteiger partial charge in [0.15, 0.2) is 0 Å². The number of nitrogens with one attached hydrogen (secondary N) is 1. The molecule has 0 aromatic heterocycles. The van der Waals surface area contributed by atoms with Crippen molar-refractivity contribution in [2.24, 2.45) is 0 Å². The second kappa shape index (κ2) is 18.7. The topological polar surface area (TPSA) is 49.3 Å². The Hall–Kier alpha value is -1.35. The lowest BCUT2D eigenvalue weighted by Gasteiger charge is -2.03. The quantitative estimate of drug-likeness (QED) is 0.339. The number of unbranched alkanes of at least 4 members (excludes halogenated alkanes) is 5. The first-order chi connectivity index (χ1) is 12.7. The smallest absolute Gasteiger partial charge is 0.220 e. The number of amides is 1. The second-order valence-electron chi connectivity index (χ2n) is 5.39. The van der Waals surface area contributed by atoms with Gasteiger partial charge in [-0.25, -0.2) is 0 Å². The zero-order valence-corrected chi connectivity index (χ0v) is 14.4. The molecule has 0 heterocycles. The SMILES string of the molecule is [2H]C([2H])(O)C([2H])([2H])NC(=O)CCCCCCC/C=C\C/C=C\C/C=C\CC. The molecule has 0 aliphatic carbocycles. The van der Waals surface area contributed by atoms with Crippen LogP contribution in [0.2, 0.25) is 0 Å². The van der Waals surface area contributed by atoms with E-state index in [4.69, 9.17) is 10.6 Å². The number of hydrogen-bond acceptors (Lipinski definition) is 2. The molecule has 0 radical (unpaired) electrons. The number of allylic oxidation sites excluding steroid dienone is 6. The third-order valence-corrected chi connectivity index (χ3v) is 3.31. The lowest BCUT2D eigenvalue weighted by Crippen LogP contribution is -2.25. The molecule has 23 heavy (non-hydrogen) atoms. The number of aliphatic hydroxyl groups is 1. The van der Waals surface area contributed by atoms with Crippen molar-refractivity contribution in [1.29, 1.82) is 0 Å². The molecule has 2 N–H and O–H groups in total. The van der Waals surface area contributed by atoms with Gasteiger partial charge >= 0.3 is 0 Å². The minimum Gasteiger partial charge on any atom is -0.395 e. The highest BCUT2D eigenvalue weighted by atomic mass is 16.3. The average Bonchev–Trinajstić information content (AvgIpc) is 2.57. The Bertz CT molecular complexity index is 483. The summed E-state index contributed by atoms with van der Waals surface area (Å²) in [5.41, 5.74) is 0. The van der Waals surface area contributed by atoms with Gasteiger partial charge in [-0.3, -0.25) is 4.79 Å². The molecule has 132 valence electrons. The van der Waals surface area contributed by atoms with Crippen LogP contribution in [-0.2, 0) is 4.79 Å². The Morgan fingerprint density at radius 2 is 1.57 bits per heavy atom. The van der Waals surface area contributed by atoms with E-state index >= 15 is 0 Å².